The van der Waals surface area contributed by atoms with Crippen LogP contribution >= 0.6 is 11.8 Å². The van der Waals surface area contributed by atoms with Gasteiger partial charge in [0.25, 0.3) is 0 Å². The zero-order valence-electron chi connectivity index (χ0n) is 7.81. The van der Waals surface area contributed by atoms with Crippen LogP contribution in [0.15, 0.2) is 11.6 Å². The van der Waals surface area contributed by atoms with Gasteiger partial charge in [-0.05, 0) is 26.3 Å². The molecular formula is C10H18NS+. The Balaban J connectivity index is 2.10. The van der Waals surface area contributed by atoms with Crippen LogP contribution in [0.25, 0.3) is 0 Å². The lowest BCUT2D eigenvalue weighted by Gasteiger charge is -2.26. The van der Waals surface area contributed by atoms with E-state index >= 15 is 0 Å². The molecule has 0 radical (unpaired) electrons. The Labute approximate surface area is 79.2 Å². The molecule has 1 aliphatic carbocycles. The van der Waals surface area contributed by atoms with Crippen molar-refractivity contribution in [3.8, 4) is 0 Å². The van der Waals surface area contributed by atoms with E-state index in [2.05, 4.69) is 25.3 Å². The predicted molar refractivity (Wildman–Crippen MR) is 54.3 cm³/mol. The van der Waals surface area contributed by atoms with Gasteiger partial charge in [0.05, 0.1) is 11.8 Å². The highest BCUT2D eigenvalue weighted by atomic mass is 32.2. The third kappa shape index (κ3) is 1.31. The summed E-state index contributed by atoms with van der Waals surface area (Å²) in [5.41, 5.74) is 0. The number of nitrogens with one attached hydrogen (secondary N) is 1. The molecule has 12 heavy (non-hydrogen) atoms. The Hall–Kier alpha value is 0.0500. The second kappa shape index (κ2) is 3.43. The van der Waals surface area contributed by atoms with Gasteiger partial charge in [-0.1, -0.05) is 18.2 Å². The fraction of sp³-hybridized carbons (Fsp3) is 0.800. The van der Waals surface area contributed by atoms with E-state index in [1.54, 1.807) is 4.90 Å². The first-order valence-corrected chi connectivity index (χ1v) is 5.92. The van der Waals surface area contributed by atoms with Gasteiger partial charge in [0, 0.05) is 6.42 Å². The lowest BCUT2D eigenvalue weighted by molar-refractivity contribution is -0.873. The monoisotopic (exact) mass is 184 g/mol. The molecule has 0 aromatic carbocycles. The highest BCUT2D eigenvalue weighted by Gasteiger charge is 2.42. The van der Waals surface area contributed by atoms with Crippen molar-refractivity contribution in [1.29, 1.82) is 0 Å². The van der Waals surface area contributed by atoms with E-state index in [4.69, 9.17) is 0 Å². The van der Waals surface area contributed by atoms with E-state index in [9.17, 15) is 0 Å². The number of quaternary nitrogens is 1. The van der Waals surface area contributed by atoms with E-state index in [0.717, 1.165) is 11.3 Å². The molecule has 1 saturated heterocycles. The molecule has 2 rings (SSSR count). The van der Waals surface area contributed by atoms with Crippen molar-refractivity contribution in [3.05, 3.63) is 11.6 Å². The molecule has 1 heterocycles. The van der Waals surface area contributed by atoms with Crippen LogP contribution < -0.4 is 4.90 Å². The van der Waals surface area contributed by atoms with Crippen LogP contribution in [-0.4, -0.2) is 17.8 Å². The predicted octanol–water partition coefficient (Wildman–Crippen LogP) is 1.42. The third-order valence-electron chi connectivity index (χ3n) is 3.18. The largest absolute Gasteiger partial charge is 0.294 e. The normalized spacial score (nSPS) is 41.4. The molecule has 0 amide bonds. The van der Waals surface area contributed by atoms with E-state index < -0.39 is 0 Å². The topological polar surface area (TPSA) is 4.44 Å². The average molecular weight is 184 g/mol. The summed E-state index contributed by atoms with van der Waals surface area (Å²) in [6.45, 7) is 7.66. The van der Waals surface area contributed by atoms with Crippen molar-refractivity contribution in [2.75, 3.05) is 6.54 Å². The number of hydrogen-bond donors (Lipinski definition) is 1. The van der Waals surface area contributed by atoms with Crippen molar-refractivity contribution in [2.24, 2.45) is 0 Å². The Morgan fingerprint density at radius 1 is 1.50 bits per heavy atom. The highest BCUT2D eigenvalue weighted by molar-refractivity contribution is 8.03. The summed E-state index contributed by atoms with van der Waals surface area (Å²) in [5, 5.41) is 2.30. The van der Waals surface area contributed by atoms with Crippen molar-refractivity contribution in [3.63, 3.8) is 0 Å². The van der Waals surface area contributed by atoms with Crippen LogP contribution in [-0.2, 0) is 0 Å². The number of hydrogen-bond acceptors (Lipinski definition) is 1. The number of rotatable bonds is 1. The molecule has 2 aliphatic rings. The zero-order valence-corrected chi connectivity index (χ0v) is 8.62. The highest BCUT2D eigenvalue weighted by Crippen LogP contribution is 2.34. The molecule has 1 aliphatic heterocycles. The summed E-state index contributed by atoms with van der Waals surface area (Å²) in [7, 11) is 0. The van der Waals surface area contributed by atoms with E-state index in [1.165, 1.54) is 37.3 Å². The Morgan fingerprint density at radius 3 is 3.00 bits per heavy atom. The zero-order chi connectivity index (χ0) is 8.55. The quantitative estimate of drug-likeness (QED) is 0.646. The molecule has 0 bridgehead atoms. The van der Waals surface area contributed by atoms with Gasteiger partial charge in [-0.2, -0.15) is 0 Å². The standard InChI is InChI=1S/C10H17NS/c1-3-11-8(2)12-10-7-5-4-6-9(10)11/h9-10H,2-7H2,1H3/p+1. The molecule has 2 fully saturated rings. The van der Waals surface area contributed by atoms with Crippen LogP contribution in [0.2, 0.25) is 0 Å². The smallest absolute Gasteiger partial charge is 0.159 e. The van der Waals surface area contributed by atoms with Gasteiger partial charge >= 0.3 is 0 Å². The summed E-state index contributed by atoms with van der Waals surface area (Å²) >= 11 is 2.05. The first-order valence-electron chi connectivity index (χ1n) is 5.04. The van der Waals surface area contributed by atoms with Crippen LogP contribution in [0, 0.1) is 0 Å². The number of fused-ring (bicyclic) bond motifs is 1. The van der Waals surface area contributed by atoms with E-state index in [0.29, 0.717) is 0 Å². The molecular weight excluding hydrogens is 166 g/mol. The SMILES string of the molecule is C=C1SC2CCCCC2[NH+]1CC. The van der Waals surface area contributed by atoms with Gasteiger partial charge < -0.3 is 0 Å². The first-order chi connectivity index (χ1) is 5.83. The molecule has 3 unspecified atom stereocenters. The Kier molecular flexibility index (Phi) is 2.47. The van der Waals surface area contributed by atoms with Crippen LogP contribution in [0.1, 0.15) is 32.6 Å². The van der Waals surface area contributed by atoms with Gasteiger partial charge in [-0.3, -0.25) is 4.90 Å². The minimum absolute atomic E-state index is 0.904. The van der Waals surface area contributed by atoms with Gasteiger partial charge in [0.1, 0.15) is 6.04 Å². The average Bonchev–Trinajstić information content (AvgIpc) is 2.40. The van der Waals surface area contributed by atoms with Crippen molar-refractivity contribution < 1.29 is 4.90 Å². The molecule has 0 aromatic rings. The maximum Gasteiger partial charge on any atom is 0.159 e. The van der Waals surface area contributed by atoms with Gasteiger partial charge in [-0.25, -0.2) is 0 Å². The van der Waals surface area contributed by atoms with E-state index in [-0.39, 0.29) is 0 Å². The fourth-order valence-electron chi connectivity index (χ4n) is 2.56. The van der Waals surface area contributed by atoms with Crippen LogP contribution in [0.3, 0.4) is 0 Å². The molecule has 1 saturated carbocycles. The summed E-state index contributed by atoms with van der Waals surface area (Å²) < 4.78 is 0. The third-order valence-corrected chi connectivity index (χ3v) is 4.60. The lowest BCUT2D eigenvalue weighted by atomic mass is 9.94. The fourth-order valence-corrected chi connectivity index (χ4v) is 4.12. The lowest BCUT2D eigenvalue weighted by Crippen LogP contribution is -3.12. The molecule has 2 heteroatoms. The molecule has 0 aromatic heterocycles. The number of thioether (sulfide) groups is 1. The maximum atomic E-state index is 4.16. The van der Waals surface area contributed by atoms with Gasteiger partial charge in [0.2, 0.25) is 0 Å². The summed E-state index contributed by atoms with van der Waals surface area (Å²) in [6, 6.07) is 0.904. The van der Waals surface area contributed by atoms with Gasteiger partial charge in [0.15, 0.2) is 5.03 Å². The second-order valence-corrected chi connectivity index (χ2v) is 5.18. The second-order valence-electron chi connectivity index (χ2n) is 3.85. The molecule has 1 N–H and O–H groups in total. The molecule has 0 spiro atoms. The Bertz CT molecular complexity index is 190. The summed E-state index contributed by atoms with van der Waals surface area (Å²) in [6.07, 6.45) is 5.74. The molecule has 3 atom stereocenters. The van der Waals surface area contributed by atoms with Crippen LogP contribution in [0.4, 0.5) is 0 Å². The van der Waals surface area contributed by atoms with Crippen molar-refractivity contribution >= 4 is 11.8 Å². The van der Waals surface area contributed by atoms with Crippen molar-refractivity contribution in [1.82, 2.24) is 0 Å². The van der Waals surface area contributed by atoms with E-state index in [1.807, 2.05) is 0 Å². The Morgan fingerprint density at radius 2 is 2.25 bits per heavy atom. The van der Waals surface area contributed by atoms with Crippen molar-refractivity contribution in [2.45, 2.75) is 43.9 Å². The van der Waals surface area contributed by atoms with Gasteiger partial charge in [-0.15, -0.1) is 0 Å². The summed E-state index contributed by atoms with van der Waals surface area (Å²) in [5.74, 6) is 0. The summed E-state index contributed by atoms with van der Waals surface area (Å²) in [4.78, 5) is 1.67. The van der Waals surface area contributed by atoms with Crippen LogP contribution in [0.5, 0.6) is 0 Å². The minimum Gasteiger partial charge on any atom is -0.294 e. The molecule has 1 nitrogen and oxygen atoms in total. The maximum absolute atomic E-state index is 4.16. The minimum atomic E-state index is 0.904. The molecule has 68 valence electrons. The first kappa shape index (κ1) is 8.64.